The van der Waals surface area contributed by atoms with E-state index in [1.807, 2.05) is 6.92 Å². The third-order valence-electron chi connectivity index (χ3n) is 2.23. The summed E-state index contributed by atoms with van der Waals surface area (Å²) in [5.41, 5.74) is -0.552. The van der Waals surface area contributed by atoms with E-state index in [-0.39, 0.29) is 6.10 Å². The predicted octanol–water partition coefficient (Wildman–Crippen LogP) is -0.970. The molecule has 2 saturated heterocycles. The SMILES string of the molecule is [B][C@@H]1O[C@@]2(C)COC1C2O. The monoisotopic (exact) mass is 140 g/mol. The Morgan fingerprint density at radius 3 is 2.60 bits per heavy atom. The van der Waals surface area contributed by atoms with Crippen LogP contribution in [0.4, 0.5) is 0 Å². The first-order valence-corrected chi connectivity index (χ1v) is 3.36. The zero-order valence-corrected chi connectivity index (χ0v) is 5.78. The minimum absolute atomic E-state index is 0.315. The normalized spacial score (nSPS) is 59.6. The summed E-state index contributed by atoms with van der Waals surface area (Å²) in [6, 6.07) is -0.450. The first kappa shape index (κ1) is 6.64. The number of aliphatic hydroxyl groups excluding tert-OH is 1. The second-order valence-corrected chi connectivity index (χ2v) is 3.12. The van der Waals surface area contributed by atoms with E-state index in [9.17, 15) is 5.11 Å². The first-order valence-electron chi connectivity index (χ1n) is 3.36. The zero-order chi connectivity index (χ0) is 7.35. The van der Waals surface area contributed by atoms with Crippen LogP contribution in [0.3, 0.4) is 0 Å². The Morgan fingerprint density at radius 2 is 2.40 bits per heavy atom. The van der Waals surface area contributed by atoms with Gasteiger partial charge in [-0.05, 0) is 6.92 Å². The second-order valence-electron chi connectivity index (χ2n) is 3.12. The molecule has 3 nitrogen and oxygen atoms in total. The lowest BCUT2D eigenvalue weighted by Gasteiger charge is -2.25. The highest BCUT2D eigenvalue weighted by Crippen LogP contribution is 2.38. The van der Waals surface area contributed by atoms with Crippen LogP contribution in [-0.4, -0.2) is 43.4 Å². The first-order chi connectivity index (χ1) is 4.63. The maximum absolute atomic E-state index is 9.43. The second kappa shape index (κ2) is 1.75. The molecule has 0 aromatic heterocycles. The van der Waals surface area contributed by atoms with Gasteiger partial charge in [0.05, 0.1) is 6.61 Å². The molecule has 1 N–H and O–H groups in total. The molecule has 2 aliphatic rings. The molecular formula is C6H9BO3. The molecule has 0 aromatic rings. The zero-order valence-electron chi connectivity index (χ0n) is 5.78. The molecule has 2 aliphatic heterocycles. The fraction of sp³-hybridized carbons (Fsp3) is 1.00. The number of hydrogen-bond donors (Lipinski definition) is 1. The molecule has 54 valence electrons. The highest BCUT2D eigenvalue weighted by atomic mass is 16.6. The van der Waals surface area contributed by atoms with Crippen LogP contribution < -0.4 is 0 Å². The Morgan fingerprint density at radius 1 is 1.70 bits per heavy atom. The van der Waals surface area contributed by atoms with E-state index in [0.29, 0.717) is 6.61 Å². The fourth-order valence-electron chi connectivity index (χ4n) is 1.54. The lowest BCUT2D eigenvalue weighted by Crippen LogP contribution is -2.37. The lowest BCUT2D eigenvalue weighted by atomic mass is 9.92. The van der Waals surface area contributed by atoms with Gasteiger partial charge in [0, 0.05) is 6.00 Å². The Kier molecular flexibility index (Phi) is 1.16. The Hall–Kier alpha value is -0.0551. The van der Waals surface area contributed by atoms with Gasteiger partial charge in [0.25, 0.3) is 0 Å². The van der Waals surface area contributed by atoms with Crippen molar-refractivity contribution >= 4 is 7.85 Å². The van der Waals surface area contributed by atoms with E-state index in [1.54, 1.807) is 0 Å². The van der Waals surface area contributed by atoms with E-state index in [4.69, 9.17) is 17.3 Å². The highest BCUT2D eigenvalue weighted by Gasteiger charge is 2.56. The van der Waals surface area contributed by atoms with Crippen molar-refractivity contribution in [3.8, 4) is 0 Å². The van der Waals surface area contributed by atoms with Crippen LogP contribution in [0.25, 0.3) is 0 Å². The van der Waals surface area contributed by atoms with E-state index in [0.717, 1.165) is 0 Å². The molecule has 2 fully saturated rings. The van der Waals surface area contributed by atoms with Crippen molar-refractivity contribution in [1.82, 2.24) is 0 Å². The average molecular weight is 140 g/mol. The molecule has 2 bridgehead atoms. The Labute approximate surface area is 60.7 Å². The van der Waals surface area contributed by atoms with Crippen LogP contribution in [0.2, 0.25) is 0 Å². The van der Waals surface area contributed by atoms with E-state index < -0.39 is 17.7 Å². The van der Waals surface area contributed by atoms with Crippen molar-refractivity contribution in [2.45, 2.75) is 30.7 Å². The third-order valence-corrected chi connectivity index (χ3v) is 2.23. The minimum atomic E-state index is -0.553. The van der Waals surface area contributed by atoms with Crippen LogP contribution in [0.5, 0.6) is 0 Å². The summed E-state index contributed by atoms with van der Waals surface area (Å²) in [6.45, 7) is 2.26. The summed E-state index contributed by atoms with van der Waals surface area (Å²) in [7, 11) is 5.49. The van der Waals surface area contributed by atoms with Gasteiger partial charge in [0.15, 0.2) is 0 Å². The molecule has 2 unspecified atom stereocenters. The molecule has 0 aliphatic carbocycles. The van der Waals surface area contributed by atoms with Crippen LogP contribution in [0, 0.1) is 0 Å². The van der Waals surface area contributed by atoms with Crippen molar-refractivity contribution in [3.63, 3.8) is 0 Å². The topological polar surface area (TPSA) is 38.7 Å². The van der Waals surface area contributed by atoms with Gasteiger partial charge in [-0.3, -0.25) is 0 Å². The molecular weight excluding hydrogens is 131 g/mol. The summed E-state index contributed by atoms with van der Waals surface area (Å²) in [5.74, 6) is 0. The van der Waals surface area contributed by atoms with Crippen molar-refractivity contribution in [2.75, 3.05) is 6.61 Å². The van der Waals surface area contributed by atoms with Gasteiger partial charge in [0.1, 0.15) is 25.7 Å². The van der Waals surface area contributed by atoms with Gasteiger partial charge >= 0.3 is 0 Å². The summed E-state index contributed by atoms with van der Waals surface area (Å²) in [4.78, 5) is 0. The lowest BCUT2D eigenvalue weighted by molar-refractivity contribution is -0.107. The molecule has 2 rings (SSSR count). The van der Waals surface area contributed by atoms with Crippen molar-refractivity contribution < 1.29 is 14.6 Å². The molecule has 0 amide bonds. The highest BCUT2D eigenvalue weighted by molar-refractivity contribution is 6.11. The van der Waals surface area contributed by atoms with E-state index in [1.165, 1.54) is 0 Å². The average Bonchev–Trinajstić information content (AvgIpc) is 2.20. The van der Waals surface area contributed by atoms with Gasteiger partial charge in [-0.15, -0.1) is 0 Å². The van der Waals surface area contributed by atoms with Crippen LogP contribution in [0.15, 0.2) is 0 Å². The number of hydrogen-bond acceptors (Lipinski definition) is 3. The van der Waals surface area contributed by atoms with Crippen LogP contribution >= 0.6 is 0 Å². The number of aliphatic hydroxyl groups is 1. The molecule has 0 spiro atoms. The largest absolute Gasteiger partial charge is 0.387 e. The molecule has 4 heteroatoms. The number of ether oxygens (including phenoxy) is 2. The van der Waals surface area contributed by atoms with E-state index in [2.05, 4.69) is 0 Å². The Bertz CT molecular complexity index is 163. The summed E-state index contributed by atoms with van der Waals surface area (Å²) >= 11 is 0. The van der Waals surface area contributed by atoms with Gasteiger partial charge in [0.2, 0.25) is 0 Å². The molecule has 0 aromatic carbocycles. The van der Waals surface area contributed by atoms with Crippen molar-refractivity contribution in [1.29, 1.82) is 0 Å². The van der Waals surface area contributed by atoms with Gasteiger partial charge in [-0.2, -0.15) is 0 Å². The molecule has 10 heavy (non-hydrogen) atoms. The molecule has 2 radical (unpaired) electrons. The van der Waals surface area contributed by atoms with Gasteiger partial charge in [-0.1, -0.05) is 0 Å². The van der Waals surface area contributed by atoms with Gasteiger partial charge in [-0.25, -0.2) is 0 Å². The smallest absolute Gasteiger partial charge is 0.116 e. The summed E-state index contributed by atoms with van der Waals surface area (Å²) in [5, 5.41) is 9.43. The van der Waals surface area contributed by atoms with E-state index >= 15 is 0 Å². The van der Waals surface area contributed by atoms with Crippen molar-refractivity contribution in [2.24, 2.45) is 0 Å². The number of rotatable bonds is 0. The summed E-state index contributed by atoms with van der Waals surface area (Å²) in [6.07, 6.45) is -0.868. The fourth-order valence-corrected chi connectivity index (χ4v) is 1.54. The van der Waals surface area contributed by atoms with Crippen LogP contribution in [-0.2, 0) is 9.47 Å². The number of fused-ring (bicyclic) bond motifs is 2. The third kappa shape index (κ3) is 0.616. The maximum atomic E-state index is 9.43. The molecule has 0 saturated carbocycles. The molecule has 2 heterocycles. The van der Waals surface area contributed by atoms with Gasteiger partial charge < -0.3 is 14.6 Å². The standard InChI is InChI=1S/C6H9BO3/c1-6-2-9-3(4(6)8)5(7)10-6/h3-5,8H,2H2,1H3/t3?,4?,5-,6+/m1/s1. The predicted molar refractivity (Wildman–Crippen MR) is 34.8 cm³/mol. The molecule has 4 atom stereocenters. The minimum Gasteiger partial charge on any atom is -0.387 e. The summed E-state index contributed by atoms with van der Waals surface area (Å²) < 4.78 is 10.4. The maximum Gasteiger partial charge on any atom is 0.116 e. The quantitative estimate of drug-likeness (QED) is 0.440. The Balaban J connectivity index is 2.26. The van der Waals surface area contributed by atoms with Crippen molar-refractivity contribution in [3.05, 3.63) is 0 Å². The van der Waals surface area contributed by atoms with Crippen LogP contribution in [0.1, 0.15) is 6.92 Å².